The van der Waals surface area contributed by atoms with Crippen molar-refractivity contribution in [1.29, 1.82) is 0 Å². The lowest BCUT2D eigenvalue weighted by molar-refractivity contribution is -0.122. The first kappa shape index (κ1) is 73.8. The molecule has 0 aliphatic carbocycles. The van der Waals surface area contributed by atoms with Crippen molar-refractivity contribution >= 4 is 463 Å². The zero-order chi connectivity index (χ0) is 46.6. The SMILES string of the molecule is CC1CC(=O)CC(C2CCOCC2)N1.S=S=S=S=S=S=S=S=S=S=S=S=S=S=S=S=S=S=S=S=S=S=S=S=S=S=S=S=S=S=S=S=S=S=S=S=S=S=S=S=S=S=S=S=S=S=S=S=S=S=S. The van der Waals surface area contributed by atoms with Gasteiger partial charge in [0.15, 0.2) is 0 Å². The molecule has 2 heterocycles. The summed E-state index contributed by atoms with van der Waals surface area (Å²) in [5, 5.41) is 3.54. The molecule has 0 aromatic carbocycles. The summed E-state index contributed by atoms with van der Waals surface area (Å²) < 4.78 is 5.33. The predicted octanol–water partition coefficient (Wildman–Crippen LogP) is 1.00. The molecule has 65 heavy (non-hydrogen) atoms. The summed E-state index contributed by atoms with van der Waals surface area (Å²) in [5.74, 6) is 1.07. The van der Waals surface area contributed by atoms with E-state index < -0.39 is 0 Å². The highest BCUT2D eigenvalue weighted by Gasteiger charge is 2.30. The summed E-state index contributed by atoms with van der Waals surface area (Å²) in [4.78, 5) is 11.5. The molecule has 3 nitrogen and oxygen atoms in total. The van der Waals surface area contributed by atoms with Crippen molar-refractivity contribution < 1.29 is 9.53 Å². The molecule has 0 spiro atoms. The van der Waals surface area contributed by atoms with Crippen LogP contribution in [-0.4, -0.2) is 31.1 Å². The van der Waals surface area contributed by atoms with E-state index in [1.807, 2.05) is 311 Å². The topological polar surface area (TPSA) is 38.3 Å². The quantitative estimate of drug-likeness (QED) is 0.425. The van der Waals surface area contributed by atoms with Gasteiger partial charge in [0.1, 0.15) is 5.78 Å². The van der Waals surface area contributed by atoms with E-state index in [0.29, 0.717) is 30.2 Å². The second-order valence-electron chi connectivity index (χ2n) is 7.90. The zero-order valence-corrected chi connectivity index (χ0v) is 71.3. The van der Waals surface area contributed by atoms with Crippen molar-refractivity contribution in [3.63, 3.8) is 0 Å². The second-order valence-corrected chi connectivity index (χ2v) is 94.6. The molecule has 2 saturated heterocycles. The van der Waals surface area contributed by atoms with E-state index in [1.54, 1.807) is 107 Å². The number of ether oxygens (including phenoxy) is 1. The average Bonchev–Trinajstić information content (AvgIpc) is 3.31. The fourth-order valence-electron chi connectivity index (χ4n) is 3.11. The average molecular weight is 1830 g/mol. The fourth-order valence-corrected chi connectivity index (χ4v) is 132. The third kappa shape index (κ3) is 57.8. The Balaban J connectivity index is 0.00000126. The molecule has 386 valence electrons. The minimum atomic E-state index is 0.365. The van der Waals surface area contributed by atoms with Crippen molar-refractivity contribution in [3.05, 3.63) is 0 Å². The van der Waals surface area contributed by atoms with E-state index in [2.05, 4.69) is 12.2 Å². The monoisotopic (exact) mass is 1830 g/mol. The van der Waals surface area contributed by atoms with Gasteiger partial charge in [-0.25, -0.2) is 0 Å². The molecule has 0 radical (unpaired) electrons. The van der Waals surface area contributed by atoms with Gasteiger partial charge < -0.3 is 10.1 Å². The van der Waals surface area contributed by atoms with Crippen LogP contribution in [0.4, 0.5) is 0 Å². The van der Waals surface area contributed by atoms with Crippen molar-refractivity contribution in [2.75, 3.05) is 13.2 Å². The number of carbonyl (C=O) groups excluding carboxylic acids is 1. The number of carbonyl (C=O) groups is 1. The minimum absolute atomic E-state index is 0.365. The lowest BCUT2D eigenvalue weighted by Gasteiger charge is -2.35. The van der Waals surface area contributed by atoms with Crippen LogP contribution in [0.15, 0.2) is 0 Å². The molecule has 0 saturated carbocycles. The molecular formula is C11H19NO2S51. The molecule has 0 bridgehead atoms. The molecule has 1 N–H and O–H groups in total. The van der Waals surface area contributed by atoms with Crippen LogP contribution in [0.3, 0.4) is 0 Å². The maximum atomic E-state index is 11.5. The molecule has 2 atom stereocenters. The third-order valence-electron chi connectivity index (χ3n) is 4.65. The molecular weight excluding hydrogens is 1810 g/mol. The van der Waals surface area contributed by atoms with Gasteiger partial charge in [0.25, 0.3) is 0 Å². The Labute approximate surface area is 527 Å². The fraction of sp³-hybridized carbons (Fsp3) is 0.909. The van der Waals surface area contributed by atoms with Crippen molar-refractivity contribution in [2.45, 2.75) is 44.7 Å². The number of piperidine rings is 1. The molecule has 2 rings (SSSR count). The van der Waals surface area contributed by atoms with Crippen LogP contribution in [0.2, 0.25) is 0 Å². The van der Waals surface area contributed by atoms with E-state index in [-0.39, 0.29) is 0 Å². The predicted molar refractivity (Wildman–Crippen MR) is 430 cm³/mol. The van der Waals surface area contributed by atoms with E-state index in [4.69, 9.17) is 27.1 Å². The second kappa shape index (κ2) is 64.0. The van der Waals surface area contributed by atoms with Gasteiger partial charge in [0, 0.05) is 496 Å². The van der Waals surface area contributed by atoms with Crippen molar-refractivity contribution in [1.82, 2.24) is 5.32 Å². The van der Waals surface area contributed by atoms with Gasteiger partial charge in [-0.1, -0.05) is 0 Å². The molecule has 2 aliphatic rings. The summed E-state index contributed by atoms with van der Waals surface area (Å²) in [5.41, 5.74) is 0. The number of hydrogen-bond donors (Lipinski definition) is 1. The van der Waals surface area contributed by atoms with Gasteiger partial charge in [-0.3, -0.25) is 4.79 Å². The summed E-state index contributed by atoms with van der Waals surface area (Å²) in [6.07, 6.45) is 3.66. The smallest absolute Gasteiger partial charge is 0.136 e. The first-order chi connectivity index (χ1) is 32.2. The third-order valence-corrected chi connectivity index (χ3v) is 111. The number of Topliss-reactive ketones (excluding diaryl/α,β-unsaturated/α-hetero) is 1. The Kier molecular flexibility index (Phi) is 72.7. The van der Waals surface area contributed by atoms with Crippen LogP contribution in [0.5, 0.6) is 0 Å². The van der Waals surface area contributed by atoms with Gasteiger partial charge in [-0.15, -0.1) is 0 Å². The van der Waals surface area contributed by atoms with E-state index >= 15 is 0 Å². The molecule has 2 unspecified atom stereocenters. The summed E-state index contributed by atoms with van der Waals surface area (Å²) >= 11 is 9.63. The van der Waals surface area contributed by atoms with E-state index in [0.717, 1.165) is 32.5 Å². The molecule has 2 fully saturated rings. The normalized spacial score (nSPS) is 13.8. The lowest BCUT2D eigenvalue weighted by Crippen LogP contribution is -2.49. The van der Waals surface area contributed by atoms with Crippen LogP contribution in [-0.2, 0) is 467 Å². The number of rotatable bonds is 1. The Bertz CT molecular complexity index is 3760. The molecule has 0 aromatic rings. The van der Waals surface area contributed by atoms with Crippen molar-refractivity contribution in [2.24, 2.45) is 5.92 Å². The Morgan fingerprint density at radius 3 is 0.738 bits per heavy atom. The first-order valence-electron chi connectivity index (χ1n) is 13.9. The Hall–Kier alpha value is 10.8. The molecule has 0 aromatic heterocycles. The minimum Gasteiger partial charge on any atom is -0.381 e. The van der Waals surface area contributed by atoms with Crippen LogP contribution in [0.25, 0.3) is 0 Å². The molecule has 2 aliphatic heterocycles. The summed E-state index contributed by atoms with van der Waals surface area (Å²) in [6, 6.07) is 0.777. The number of ketones is 1. The summed E-state index contributed by atoms with van der Waals surface area (Å²) in [7, 11) is 87.5. The maximum absolute atomic E-state index is 11.5. The first-order valence-corrected chi connectivity index (χ1v) is 80.6. The van der Waals surface area contributed by atoms with Gasteiger partial charge in [0.05, 0.1) is 0 Å². The highest BCUT2D eigenvalue weighted by molar-refractivity contribution is 8.82. The van der Waals surface area contributed by atoms with Crippen LogP contribution in [0, 0.1) is 5.92 Å². The standard InChI is InChI=1S/C11H19NO2.S51/c1-8-6-10(13)7-11(12-8)9-2-4-14-5-3-9;1-3-5-7-9-11-13-15-17-19-21-23-25-27-29-31-33-35-37-39-41-43-45-47-49-51-50-48-46-44-42-40-38-36-34-32-30-28-26-24-22-20-18-16-14-12-10-8-6-4-2/h8-9,11-12H,2-7H2,1H3;. The van der Waals surface area contributed by atoms with Crippen LogP contribution >= 0.6 is 0 Å². The van der Waals surface area contributed by atoms with Gasteiger partial charge in [-0.05, 0) is 25.7 Å². The van der Waals surface area contributed by atoms with E-state index in [1.165, 1.54) is 17.8 Å². The van der Waals surface area contributed by atoms with Gasteiger partial charge in [-0.2, -0.15) is 0 Å². The lowest BCUT2D eigenvalue weighted by atomic mass is 9.84. The highest BCUT2D eigenvalue weighted by atomic mass is 33.5. The maximum Gasteiger partial charge on any atom is 0.136 e. The number of hydrogen-bond acceptors (Lipinski definition) is 5. The zero-order valence-electron chi connectivity index (χ0n) is 29.6. The molecule has 0 amide bonds. The van der Waals surface area contributed by atoms with Crippen molar-refractivity contribution in [3.8, 4) is 0 Å². The molecule has 54 heteroatoms. The highest BCUT2D eigenvalue weighted by Crippen LogP contribution is 2.24. The summed E-state index contributed by atoms with van der Waals surface area (Å²) in [6.45, 7) is 3.83. The van der Waals surface area contributed by atoms with Gasteiger partial charge in [0.2, 0.25) is 0 Å². The Morgan fingerprint density at radius 1 is 0.354 bits per heavy atom. The van der Waals surface area contributed by atoms with Crippen LogP contribution in [0.1, 0.15) is 32.6 Å². The Morgan fingerprint density at radius 2 is 0.554 bits per heavy atom. The van der Waals surface area contributed by atoms with Crippen LogP contribution < -0.4 is 5.32 Å². The largest absolute Gasteiger partial charge is 0.381 e. The number of nitrogens with one attached hydrogen (secondary N) is 1. The van der Waals surface area contributed by atoms with E-state index in [9.17, 15) is 4.79 Å². The van der Waals surface area contributed by atoms with Gasteiger partial charge >= 0.3 is 0 Å².